The minimum absolute atomic E-state index is 0.0662. The van der Waals surface area contributed by atoms with Crippen LogP contribution in [0.4, 0.5) is 0 Å². The van der Waals surface area contributed by atoms with Crippen LogP contribution >= 0.6 is 15.9 Å². The van der Waals surface area contributed by atoms with Crippen molar-refractivity contribution in [3.63, 3.8) is 0 Å². The van der Waals surface area contributed by atoms with E-state index in [1.54, 1.807) is 24.3 Å². The van der Waals surface area contributed by atoms with Crippen molar-refractivity contribution in [3.8, 4) is 5.75 Å². The van der Waals surface area contributed by atoms with Crippen molar-refractivity contribution in [2.75, 3.05) is 0 Å². The Morgan fingerprint density at radius 2 is 1.66 bits per heavy atom. The molecule has 0 amide bonds. The smallest absolute Gasteiger partial charge is 0.204 e. The minimum atomic E-state index is -0.329. The fourth-order valence-electron chi connectivity index (χ4n) is 3.62. The second-order valence-electron chi connectivity index (χ2n) is 6.77. The number of carbonyl (C=O) groups excluding carboxylic acids is 1. The summed E-state index contributed by atoms with van der Waals surface area (Å²) in [4.78, 5) is 26.0. The molecule has 0 saturated heterocycles. The van der Waals surface area contributed by atoms with E-state index >= 15 is 0 Å². The number of phenols is 1. The average molecular weight is 445 g/mol. The van der Waals surface area contributed by atoms with Crippen LogP contribution in [-0.2, 0) is 0 Å². The highest BCUT2D eigenvalue weighted by Gasteiger charge is 2.19. The number of hydrogen-bond donors (Lipinski definition) is 1. The third-order valence-corrected chi connectivity index (χ3v) is 5.72. The Balaban J connectivity index is 1.83. The van der Waals surface area contributed by atoms with E-state index in [4.69, 9.17) is 4.42 Å². The fourth-order valence-corrected chi connectivity index (χ4v) is 4.08. The minimum Gasteiger partial charge on any atom is -0.507 e. The molecule has 0 aliphatic heterocycles. The summed E-state index contributed by atoms with van der Waals surface area (Å²) in [5, 5.41) is 12.7. The van der Waals surface area contributed by atoms with Gasteiger partial charge in [0.15, 0.2) is 5.78 Å². The van der Waals surface area contributed by atoms with Crippen LogP contribution in [0.25, 0.3) is 32.7 Å². The van der Waals surface area contributed by atoms with Crippen molar-refractivity contribution >= 4 is 54.4 Å². The molecule has 0 aliphatic rings. The zero-order chi connectivity index (χ0) is 20.1. The molecule has 1 N–H and O–H groups in total. The van der Waals surface area contributed by atoms with E-state index < -0.39 is 0 Å². The predicted octanol–water partition coefficient (Wildman–Crippen LogP) is 5.80. The second-order valence-corrected chi connectivity index (χ2v) is 7.63. The summed E-state index contributed by atoms with van der Waals surface area (Å²) in [6.45, 7) is 0. The van der Waals surface area contributed by atoms with Gasteiger partial charge in [-0.25, -0.2) is 0 Å². The third kappa shape index (κ3) is 2.74. The lowest BCUT2D eigenvalue weighted by molar-refractivity contribution is 0.103. The molecule has 0 bridgehead atoms. The van der Waals surface area contributed by atoms with Crippen LogP contribution in [-0.4, -0.2) is 10.9 Å². The summed E-state index contributed by atoms with van der Waals surface area (Å²) in [5.74, 6) is -0.558. The maximum atomic E-state index is 13.0. The zero-order valence-corrected chi connectivity index (χ0v) is 16.6. The Labute approximate surface area is 173 Å². The highest BCUT2D eigenvalue weighted by Crippen LogP contribution is 2.32. The van der Waals surface area contributed by atoms with Crippen molar-refractivity contribution in [2.24, 2.45) is 0 Å². The maximum Gasteiger partial charge on any atom is 0.204 e. The summed E-state index contributed by atoms with van der Waals surface area (Å²) >= 11 is 3.38. The summed E-state index contributed by atoms with van der Waals surface area (Å²) < 4.78 is 6.70. The van der Waals surface area contributed by atoms with Gasteiger partial charge in [-0.2, -0.15) is 0 Å². The molecule has 1 aromatic heterocycles. The van der Waals surface area contributed by atoms with Gasteiger partial charge in [-0.3, -0.25) is 9.59 Å². The van der Waals surface area contributed by atoms with E-state index in [1.165, 1.54) is 12.1 Å². The molecule has 0 saturated carbocycles. The van der Waals surface area contributed by atoms with E-state index in [1.807, 2.05) is 36.4 Å². The lowest BCUT2D eigenvalue weighted by Crippen LogP contribution is -2.06. The fraction of sp³-hybridized carbons (Fsp3) is 0. The number of phenolic OH excluding ortho intramolecular Hbond substituents is 1. The summed E-state index contributed by atoms with van der Waals surface area (Å²) in [6, 6.07) is 21.0. The molecular formula is C24H13BrO4. The quantitative estimate of drug-likeness (QED) is 0.212. The summed E-state index contributed by atoms with van der Waals surface area (Å²) in [6.07, 6.45) is 0. The van der Waals surface area contributed by atoms with Crippen LogP contribution in [0, 0.1) is 0 Å². The lowest BCUT2D eigenvalue weighted by Gasteiger charge is -2.09. The molecule has 5 aromatic rings. The standard InChI is InChI=1S/C24H13BrO4/c25-18-8-4-3-7-16(18)22(27)14-11-19(26)21-20(12-14)29-24-15-6-2-1-5-13(15)9-10-17(24)23(21)28/h1-12,26H. The molecule has 0 radical (unpaired) electrons. The molecule has 5 rings (SSSR count). The van der Waals surface area contributed by atoms with E-state index in [0.717, 1.165) is 10.8 Å². The molecule has 5 heteroatoms. The third-order valence-electron chi connectivity index (χ3n) is 5.03. The van der Waals surface area contributed by atoms with Crippen LogP contribution in [0.2, 0.25) is 0 Å². The van der Waals surface area contributed by atoms with Crippen LogP contribution < -0.4 is 5.43 Å². The predicted molar refractivity (Wildman–Crippen MR) is 117 cm³/mol. The molecule has 1 heterocycles. The molecule has 0 aliphatic carbocycles. The molecule has 0 atom stereocenters. The molecular weight excluding hydrogens is 432 g/mol. The van der Waals surface area contributed by atoms with Crippen LogP contribution in [0.15, 0.2) is 86.5 Å². The first-order valence-electron chi connectivity index (χ1n) is 8.95. The number of rotatable bonds is 2. The van der Waals surface area contributed by atoms with Gasteiger partial charge in [-0.1, -0.05) is 58.4 Å². The Morgan fingerprint density at radius 3 is 2.48 bits per heavy atom. The number of benzene rings is 4. The van der Waals surface area contributed by atoms with Gasteiger partial charge in [0.05, 0.1) is 5.39 Å². The molecule has 0 unspecified atom stereocenters. The highest BCUT2D eigenvalue weighted by molar-refractivity contribution is 9.10. The van der Waals surface area contributed by atoms with Gasteiger partial charge in [0.2, 0.25) is 5.43 Å². The number of hydrogen-bond acceptors (Lipinski definition) is 4. The Hall–Kier alpha value is -3.44. The summed E-state index contributed by atoms with van der Waals surface area (Å²) in [7, 11) is 0. The van der Waals surface area contributed by atoms with Crippen LogP contribution in [0.3, 0.4) is 0 Å². The number of fused-ring (bicyclic) bond motifs is 4. The first-order valence-corrected chi connectivity index (χ1v) is 9.74. The molecule has 4 aromatic carbocycles. The molecule has 29 heavy (non-hydrogen) atoms. The zero-order valence-electron chi connectivity index (χ0n) is 15.0. The van der Waals surface area contributed by atoms with Crippen LogP contribution in [0.1, 0.15) is 15.9 Å². The molecule has 140 valence electrons. The first kappa shape index (κ1) is 17.6. The van der Waals surface area contributed by atoms with E-state index in [2.05, 4.69) is 15.9 Å². The van der Waals surface area contributed by atoms with E-state index in [-0.39, 0.29) is 33.5 Å². The number of aromatic hydroxyl groups is 1. The van der Waals surface area contributed by atoms with Gasteiger partial charge < -0.3 is 9.52 Å². The summed E-state index contributed by atoms with van der Waals surface area (Å²) in [5.41, 5.74) is 0.980. The monoisotopic (exact) mass is 444 g/mol. The van der Waals surface area contributed by atoms with Gasteiger partial charge >= 0.3 is 0 Å². The number of ketones is 1. The van der Waals surface area contributed by atoms with Crippen molar-refractivity contribution in [1.29, 1.82) is 0 Å². The van der Waals surface area contributed by atoms with Crippen LogP contribution in [0.5, 0.6) is 5.75 Å². The second kappa shape index (κ2) is 6.57. The Bertz CT molecular complexity index is 1520. The van der Waals surface area contributed by atoms with Crippen molar-refractivity contribution in [3.05, 3.63) is 98.6 Å². The number of carbonyl (C=O) groups is 1. The normalized spacial score (nSPS) is 11.3. The SMILES string of the molecule is O=C(c1cc(O)c2c(=O)c3ccc4ccccc4c3oc2c1)c1ccccc1Br. The van der Waals surface area contributed by atoms with Crippen molar-refractivity contribution in [1.82, 2.24) is 0 Å². The first-order chi connectivity index (χ1) is 14.0. The van der Waals surface area contributed by atoms with E-state index in [0.29, 0.717) is 21.0 Å². The molecule has 4 nitrogen and oxygen atoms in total. The molecule has 0 fully saturated rings. The van der Waals surface area contributed by atoms with Crippen molar-refractivity contribution < 1.29 is 14.3 Å². The van der Waals surface area contributed by atoms with Gasteiger partial charge in [0, 0.05) is 21.0 Å². The number of halogens is 1. The van der Waals surface area contributed by atoms with Gasteiger partial charge in [-0.15, -0.1) is 0 Å². The Kier molecular flexibility index (Phi) is 4.00. The largest absolute Gasteiger partial charge is 0.507 e. The topological polar surface area (TPSA) is 67.5 Å². The van der Waals surface area contributed by atoms with Crippen molar-refractivity contribution in [2.45, 2.75) is 0 Å². The van der Waals surface area contributed by atoms with Gasteiger partial charge in [0.25, 0.3) is 0 Å². The molecule has 0 spiro atoms. The Morgan fingerprint density at radius 1 is 0.897 bits per heavy atom. The average Bonchev–Trinajstić information content (AvgIpc) is 2.73. The van der Waals surface area contributed by atoms with Gasteiger partial charge in [-0.05, 0) is 35.7 Å². The maximum absolute atomic E-state index is 13.0. The van der Waals surface area contributed by atoms with Gasteiger partial charge in [0.1, 0.15) is 22.3 Å². The highest BCUT2D eigenvalue weighted by atomic mass is 79.9. The lowest BCUT2D eigenvalue weighted by atomic mass is 10.00. The van der Waals surface area contributed by atoms with E-state index in [9.17, 15) is 14.7 Å².